The molecule has 1 N–H and O–H groups in total. The molecule has 3 heteroatoms. The normalized spacial score (nSPS) is 32.8. The Hall–Kier alpha value is -0.120. The molecule has 1 saturated heterocycles. The van der Waals surface area contributed by atoms with Gasteiger partial charge in [0.1, 0.15) is 0 Å². The van der Waals surface area contributed by atoms with Crippen LogP contribution in [-0.2, 0) is 0 Å². The fraction of sp³-hybridized carbons (Fsp3) is 1.00. The van der Waals surface area contributed by atoms with Gasteiger partial charge >= 0.3 is 0 Å². The fourth-order valence-electron chi connectivity index (χ4n) is 3.32. The summed E-state index contributed by atoms with van der Waals surface area (Å²) in [5, 5.41) is 3.70. The lowest BCUT2D eigenvalue weighted by molar-refractivity contribution is 0.113. The third kappa shape index (κ3) is 3.94. The van der Waals surface area contributed by atoms with Gasteiger partial charge in [0, 0.05) is 38.8 Å². The molecule has 17 heavy (non-hydrogen) atoms. The number of likely N-dealkylation sites (N-methyl/N-ethyl adjacent to an activating group) is 1. The molecule has 2 rings (SSSR count). The molecule has 0 radical (unpaired) electrons. The van der Waals surface area contributed by atoms with Crippen molar-refractivity contribution >= 4 is 0 Å². The Morgan fingerprint density at radius 3 is 2.47 bits per heavy atom. The minimum Gasteiger partial charge on any atom is -0.314 e. The molecule has 1 heterocycles. The van der Waals surface area contributed by atoms with Crippen LogP contribution in [0.4, 0.5) is 0 Å². The van der Waals surface area contributed by atoms with Crippen LogP contribution in [0.1, 0.15) is 32.6 Å². The number of nitrogens with one attached hydrogen (secondary N) is 1. The van der Waals surface area contributed by atoms with E-state index in [9.17, 15) is 0 Å². The van der Waals surface area contributed by atoms with E-state index in [0.29, 0.717) is 0 Å². The molecular formula is C14H29N3. The summed E-state index contributed by atoms with van der Waals surface area (Å²) in [6, 6.07) is 0.786. The van der Waals surface area contributed by atoms with Crippen LogP contribution in [0.25, 0.3) is 0 Å². The van der Waals surface area contributed by atoms with Crippen molar-refractivity contribution in [3.05, 3.63) is 0 Å². The van der Waals surface area contributed by atoms with Gasteiger partial charge in [-0.2, -0.15) is 0 Å². The van der Waals surface area contributed by atoms with Gasteiger partial charge in [0.05, 0.1) is 0 Å². The Morgan fingerprint density at radius 2 is 1.76 bits per heavy atom. The predicted molar refractivity (Wildman–Crippen MR) is 73.4 cm³/mol. The van der Waals surface area contributed by atoms with E-state index in [2.05, 4.69) is 29.1 Å². The highest BCUT2D eigenvalue weighted by molar-refractivity contribution is 4.84. The van der Waals surface area contributed by atoms with Crippen LogP contribution in [0.5, 0.6) is 0 Å². The van der Waals surface area contributed by atoms with E-state index in [1.807, 2.05) is 0 Å². The van der Waals surface area contributed by atoms with Gasteiger partial charge in [-0.3, -0.25) is 0 Å². The minimum absolute atomic E-state index is 0.786. The van der Waals surface area contributed by atoms with Gasteiger partial charge in [0.25, 0.3) is 0 Å². The van der Waals surface area contributed by atoms with E-state index >= 15 is 0 Å². The molecule has 0 aromatic heterocycles. The molecule has 0 amide bonds. The Morgan fingerprint density at radius 1 is 1.06 bits per heavy atom. The van der Waals surface area contributed by atoms with Crippen molar-refractivity contribution in [2.24, 2.45) is 5.92 Å². The van der Waals surface area contributed by atoms with Crippen LogP contribution in [0.15, 0.2) is 0 Å². The molecule has 1 saturated carbocycles. The first-order valence-corrected chi connectivity index (χ1v) is 7.44. The highest BCUT2D eigenvalue weighted by atomic mass is 15.2. The van der Waals surface area contributed by atoms with Gasteiger partial charge in [0.15, 0.2) is 0 Å². The molecule has 0 aromatic carbocycles. The van der Waals surface area contributed by atoms with Crippen LogP contribution in [0, 0.1) is 5.92 Å². The highest BCUT2D eigenvalue weighted by Crippen LogP contribution is 2.25. The van der Waals surface area contributed by atoms with E-state index in [0.717, 1.165) is 18.5 Å². The van der Waals surface area contributed by atoms with Crippen LogP contribution >= 0.6 is 0 Å². The van der Waals surface area contributed by atoms with Crippen molar-refractivity contribution in [3.63, 3.8) is 0 Å². The summed E-state index contributed by atoms with van der Waals surface area (Å²) in [6.07, 6.45) is 5.70. The monoisotopic (exact) mass is 239 g/mol. The molecule has 1 aliphatic heterocycles. The number of hydrogen-bond acceptors (Lipinski definition) is 3. The van der Waals surface area contributed by atoms with E-state index in [1.54, 1.807) is 0 Å². The topological polar surface area (TPSA) is 18.5 Å². The predicted octanol–water partition coefficient (Wildman–Crippen LogP) is 1.40. The minimum atomic E-state index is 0.786. The Bertz CT molecular complexity index is 210. The lowest BCUT2D eigenvalue weighted by Crippen LogP contribution is -2.49. The summed E-state index contributed by atoms with van der Waals surface area (Å²) < 4.78 is 0. The first kappa shape index (κ1) is 13.3. The number of rotatable bonds is 4. The summed E-state index contributed by atoms with van der Waals surface area (Å²) >= 11 is 0. The smallest absolute Gasteiger partial charge is 0.0110 e. The summed E-state index contributed by atoms with van der Waals surface area (Å²) in [7, 11) is 2.24. The molecule has 2 atom stereocenters. The zero-order valence-electron chi connectivity index (χ0n) is 11.6. The maximum atomic E-state index is 3.70. The quantitative estimate of drug-likeness (QED) is 0.800. The molecule has 0 spiro atoms. The van der Waals surface area contributed by atoms with Crippen molar-refractivity contribution in [1.29, 1.82) is 0 Å². The molecular weight excluding hydrogens is 210 g/mol. The molecule has 3 nitrogen and oxygen atoms in total. The van der Waals surface area contributed by atoms with E-state index < -0.39 is 0 Å². The molecule has 0 aromatic rings. The second-order valence-corrected chi connectivity index (χ2v) is 5.81. The average Bonchev–Trinajstić information content (AvgIpc) is 2.35. The van der Waals surface area contributed by atoms with E-state index in [4.69, 9.17) is 0 Å². The Balaban J connectivity index is 1.79. The van der Waals surface area contributed by atoms with Crippen LogP contribution in [-0.4, -0.2) is 62.2 Å². The van der Waals surface area contributed by atoms with Gasteiger partial charge in [-0.25, -0.2) is 0 Å². The van der Waals surface area contributed by atoms with Gasteiger partial charge in [0.2, 0.25) is 0 Å². The van der Waals surface area contributed by atoms with Crippen molar-refractivity contribution < 1.29 is 0 Å². The van der Waals surface area contributed by atoms with Crippen molar-refractivity contribution in [2.75, 3.05) is 46.3 Å². The van der Waals surface area contributed by atoms with Crippen molar-refractivity contribution in [3.8, 4) is 0 Å². The molecule has 2 aliphatic rings. The van der Waals surface area contributed by atoms with Crippen molar-refractivity contribution in [1.82, 2.24) is 15.1 Å². The summed E-state index contributed by atoms with van der Waals surface area (Å²) in [6.45, 7) is 9.73. The molecule has 1 aliphatic carbocycles. The maximum Gasteiger partial charge on any atom is 0.0110 e. The maximum absolute atomic E-state index is 3.70. The first-order valence-electron chi connectivity index (χ1n) is 7.44. The second-order valence-electron chi connectivity index (χ2n) is 5.81. The van der Waals surface area contributed by atoms with E-state index in [1.165, 1.54) is 58.4 Å². The molecule has 100 valence electrons. The summed E-state index contributed by atoms with van der Waals surface area (Å²) in [5.41, 5.74) is 0. The third-order valence-electron chi connectivity index (χ3n) is 4.46. The van der Waals surface area contributed by atoms with Gasteiger partial charge in [-0.15, -0.1) is 0 Å². The lowest BCUT2D eigenvalue weighted by atomic mass is 9.84. The second kappa shape index (κ2) is 6.72. The summed E-state index contributed by atoms with van der Waals surface area (Å²) in [4.78, 5) is 5.12. The van der Waals surface area contributed by atoms with Gasteiger partial charge in [-0.1, -0.05) is 19.8 Å². The van der Waals surface area contributed by atoms with Gasteiger partial charge in [-0.05, 0) is 32.4 Å². The van der Waals surface area contributed by atoms with E-state index in [-0.39, 0.29) is 0 Å². The molecule has 2 fully saturated rings. The molecule has 0 bridgehead atoms. The van der Waals surface area contributed by atoms with Crippen LogP contribution < -0.4 is 5.32 Å². The standard InChI is InChI=1S/C14H29N3/c1-3-15-14-7-5-4-6-13(14)12-17-10-8-16(2)9-11-17/h13-15H,3-12H2,1-2H3. The number of hydrogen-bond donors (Lipinski definition) is 1. The summed E-state index contributed by atoms with van der Waals surface area (Å²) in [5.74, 6) is 0.895. The highest BCUT2D eigenvalue weighted by Gasteiger charge is 2.27. The van der Waals surface area contributed by atoms with Crippen LogP contribution in [0.3, 0.4) is 0 Å². The lowest BCUT2D eigenvalue weighted by Gasteiger charge is -2.39. The third-order valence-corrected chi connectivity index (χ3v) is 4.46. The van der Waals surface area contributed by atoms with Crippen LogP contribution in [0.2, 0.25) is 0 Å². The van der Waals surface area contributed by atoms with Crippen molar-refractivity contribution in [2.45, 2.75) is 38.6 Å². The number of piperazine rings is 1. The Labute approximate surface area is 107 Å². The Kier molecular flexibility index (Phi) is 5.26. The zero-order chi connectivity index (χ0) is 12.1. The average molecular weight is 239 g/mol. The molecule has 2 unspecified atom stereocenters. The number of nitrogens with zero attached hydrogens (tertiary/aromatic N) is 2. The fourth-order valence-corrected chi connectivity index (χ4v) is 3.32. The SMILES string of the molecule is CCNC1CCCCC1CN1CCN(C)CC1. The zero-order valence-corrected chi connectivity index (χ0v) is 11.6. The largest absolute Gasteiger partial charge is 0.314 e. The first-order chi connectivity index (χ1) is 8.29. The van der Waals surface area contributed by atoms with Gasteiger partial charge < -0.3 is 15.1 Å².